The van der Waals surface area contributed by atoms with Crippen LogP contribution in [0.2, 0.25) is 5.02 Å². The second kappa shape index (κ2) is 7.81. The fraction of sp³-hybridized carbons (Fsp3) is 0.0952. The molecule has 29 heavy (non-hydrogen) atoms. The number of pyridine rings is 1. The Morgan fingerprint density at radius 2 is 1.90 bits per heavy atom. The Kier molecular flexibility index (Phi) is 5.05. The summed E-state index contributed by atoms with van der Waals surface area (Å²) in [6, 6.07) is 14.5. The third kappa shape index (κ3) is 3.72. The van der Waals surface area contributed by atoms with Gasteiger partial charge in [-0.1, -0.05) is 17.7 Å². The van der Waals surface area contributed by atoms with Gasteiger partial charge in [0, 0.05) is 11.8 Å². The number of halogens is 1. The van der Waals surface area contributed by atoms with E-state index in [2.05, 4.69) is 15.0 Å². The average Bonchev–Trinajstić information content (AvgIpc) is 2.73. The molecule has 4 aromatic rings. The molecular formula is C21H18ClN5O2. The molecule has 0 aliphatic carbocycles. The van der Waals surface area contributed by atoms with Crippen molar-refractivity contribution in [3.8, 4) is 22.9 Å². The molecule has 2 aromatic carbocycles. The maximum absolute atomic E-state index is 6.40. The number of nitrogens with two attached hydrogens (primary N) is 2. The average molecular weight is 408 g/mol. The summed E-state index contributed by atoms with van der Waals surface area (Å²) in [5.74, 6) is 1.73. The third-order valence-corrected chi connectivity index (χ3v) is 4.67. The first kappa shape index (κ1) is 18.8. The second-order valence-corrected chi connectivity index (χ2v) is 6.68. The normalized spacial score (nSPS) is 10.8. The van der Waals surface area contributed by atoms with Crippen LogP contribution < -0.4 is 20.9 Å². The van der Waals surface area contributed by atoms with Gasteiger partial charge in [-0.25, -0.2) is 9.97 Å². The topological polar surface area (TPSA) is 109 Å². The molecule has 0 spiro atoms. The summed E-state index contributed by atoms with van der Waals surface area (Å²) < 4.78 is 11.1. The molecule has 0 amide bonds. The molecular weight excluding hydrogens is 390 g/mol. The van der Waals surface area contributed by atoms with Crippen molar-refractivity contribution in [3.05, 3.63) is 65.4 Å². The summed E-state index contributed by atoms with van der Waals surface area (Å²) in [5.41, 5.74) is 14.7. The van der Waals surface area contributed by atoms with Crippen LogP contribution in [0, 0.1) is 0 Å². The highest BCUT2D eigenvalue weighted by molar-refractivity contribution is 6.32. The Morgan fingerprint density at radius 1 is 1.03 bits per heavy atom. The summed E-state index contributed by atoms with van der Waals surface area (Å²) in [4.78, 5) is 13.2. The highest BCUT2D eigenvalue weighted by Gasteiger charge is 2.15. The van der Waals surface area contributed by atoms with Crippen molar-refractivity contribution in [2.75, 3.05) is 18.6 Å². The molecule has 7 nitrogen and oxygen atoms in total. The summed E-state index contributed by atoms with van der Waals surface area (Å²) in [7, 11) is 1.53. The van der Waals surface area contributed by atoms with Crippen LogP contribution in [0.1, 0.15) is 5.69 Å². The number of nitrogen functional groups attached to an aromatic ring is 2. The van der Waals surface area contributed by atoms with Crippen LogP contribution >= 0.6 is 11.6 Å². The molecule has 2 aromatic heterocycles. The lowest BCUT2D eigenvalue weighted by atomic mass is 10.1. The van der Waals surface area contributed by atoms with Crippen LogP contribution in [0.3, 0.4) is 0 Å². The zero-order valence-electron chi connectivity index (χ0n) is 15.6. The summed E-state index contributed by atoms with van der Waals surface area (Å²) in [6.07, 6.45) is 1.72. The SMILES string of the molecule is COc1c(N)ccc2nc(-c3ccc(OCc4ccccn4)c(Cl)c3)nc(N)c12. The number of rotatable bonds is 5. The van der Waals surface area contributed by atoms with E-state index in [9.17, 15) is 0 Å². The molecule has 0 saturated carbocycles. The van der Waals surface area contributed by atoms with Gasteiger partial charge >= 0.3 is 0 Å². The van der Waals surface area contributed by atoms with Gasteiger partial charge in [0.2, 0.25) is 0 Å². The quantitative estimate of drug-likeness (QED) is 0.479. The number of anilines is 2. The van der Waals surface area contributed by atoms with Crippen LogP contribution in [0.5, 0.6) is 11.5 Å². The number of hydrogen-bond donors (Lipinski definition) is 2. The van der Waals surface area contributed by atoms with Gasteiger partial charge in [-0.2, -0.15) is 0 Å². The van der Waals surface area contributed by atoms with E-state index in [4.69, 9.17) is 32.5 Å². The molecule has 8 heteroatoms. The monoisotopic (exact) mass is 407 g/mol. The van der Waals surface area contributed by atoms with Crippen molar-refractivity contribution < 1.29 is 9.47 Å². The number of benzene rings is 2. The molecule has 4 rings (SSSR count). The molecule has 4 N–H and O–H groups in total. The molecule has 0 saturated heterocycles. The van der Waals surface area contributed by atoms with Crippen molar-refractivity contribution in [1.29, 1.82) is 0 Å². The van der Waals surface area contributed by atoms with Gasteiger partial charge in [-0.3, -0.25) is 4.98 Å². The number of aromatic nitrogens is 3. The minimum absolute atomic E-state index is 0.278. The Balaban J connectivity index is 1.65. The van der Waals surface area contributed by atoms with E-state index >= 15 is 0 Å². The maximum Gasteiger partial charge on any atom is 0.162 e. The summed E-state index contributed by atoms with van der Waals surface area (Å²) in [6.45, 7) is 0.320. The highest BCUT2D eigenvalue weighted by atomic mass is 35.5. The summed E-state index contributed by atoms with van der Waals surface area (Å²) >= 11 is 6.40. The Morgan fingerprint density at radius 3 is 2.62 bits per heavy atom. The van der Waals surface area contributed by atoms with Crippen LogP contribution in [-0.2, 0) is 6.61 Å². The zero-order valence-corrected chi connectivity index (χ0v) is 16.3. The molecule has 0 bridgehead atoms. The minimum atomic E-state index is 0.278. The number of nitrogens with zero attached hydrogens (tertiary/aromatic N) is 3. The minimum Gasteiger partial charge on any atom is -0.494 e. The van der Waals surface area contributed by atoms with Gasteiger partial charge < -0.3 is 20.9 Å². The van der Waals surface area contributed by atoms with Crippen molar-refractivity contribution in [2.45, 2.75) is 6.61 Å². The molecule has 0 unspecified atom stereocenters. The number of methoxy groups -OCH3 is 1. The largest absolute Gasteiger partial charge is 0.494 e. The van der Waals surface area contributed by atoms with Crippen LogP contribution in [0.15, 0.2) is 54.7 Å². The van der Waals surface area contributed by atoms with Gasteiger partial charge in [0.1, 0.15) is 18.2 Å². The smallest absolute Gasteiger partial charge is 0.162 e. The maximum atomic E-state index is 6.40. The fourth-order valence-electron chi connectivity index (χ4n) is 2.98. The highest BCUT2D eigenvalue weighted by Crippen LogP contribution is 2.36. The predicted molar refractivity (Wildman–Crippen MR) is 114 cm³/mol. The van der Waals surface area contributed by atoms with Gasteiger partial charge in [0.05, 0.1) is 34.4 Å². The van der Waals surface area contributed by atoms with E-state index in [1.54, 1.807) is 30.5 Å². The molecule has 0 atom stereocenters. The summed E-state index contributed by atoms with van der Waals surface area (Å²) in [5, 5.41) is 1.02. The number of ether oxygens (including phenoxy) is 2. The number of hydrogen-bond acceptors (Lipinski definition) is 7. The fourth-order valence-corrected chi connectivity index (χ4v) is 3.21. The predicted octanol–water partition coefficient (Wildman–Crippen LogP) is 4.10. The van der Waals surface area contributed by atoms with E-state index in [0.29, 0.717) is 51.1 Å². The van der Waals surface area contributed by atoms with Crippen LogP contribution in [0.25, 0.3) is 22.3 Å². The molecule has 0 fully saturated rings. The van der Waals surface area contributed by atoms with Crippen molar-refractivity contribution in [2.24, 2.45) is 0 Å². The van der Waals surface area contributed by atoms with E-state index < -0.39 is 0 Å². The molecule has 146 valence electrons. The first-order valence-electron chi connectivity index (χ1n) is 8.79. The zero-order chi connectivity index (χ0) is 20.4. The van der Waals surface area contributed by atoms with E-state index in [-0.39, 0.29) is 5.82 Å². The Labute approximate surface area is 172 Å². The van der Waals surface area contributed by atoms with E-state index in [0.717, 1.165) is 5.69 Å². The third-order valence-electron chi connectivity index (χ3n) is 4.37. The van der Waals surface area contributed by atoms with Gasteiger partial charge in [0.25, 0.3) is 0 Å². The van der Waals surface area contributed by atoms with Crippen molar-refractivity contribution >= 4 is 34.0 Å². The second-order valence-electron chi connectivity index (χ2n) is 6.27. The van der Waals surface area contributed by atoms with Gasteiger partial charge in [-0.05, 0) is 42.5 Å². The molecule has 2 heterocycles. The Hall–Kier alpha value is -3.58. The lowest BCUT2D eigenvalue weighted by Gasteiger charge is -2.12. The molecule has 0 aliphatic heterocycles. The van der Waals surface area contributed by atoms with E-state index in [1.807, 2.05) is 24.3 Å². The first-order valence-corrected chi connectivity index (χ1v) is 9.17. The van der Waals surface area contributed by atoms with Gasteiger partial charge in [-0.15, -0.1) is 0 Å². The lowest BCUT2D eigenvalue weighted by molar-refractivity contribution is 0.301. The standard InChI is InChI=1S/C21H18ClN5O2/c1-28-19-15(23)6-7-16-18(19)20(24)27-21(26-16)12-5-8-17(14(22)10-12)29-11-13-4-2-3-9-25-13/h2-10H,11,23H2,1H3,(H2,24,26,27). The first-order chi connectivity index (χ1) is 14.1. The van der Waals surface area contributed by atoms with Crippen molar-refractivity contribution in [1.82, 2.24) is 15.0 Å². The van der Waals surface area contributed by atoms with Crippen molar-refractivity contribution in [3.63, 3.8) is 0 Å². The number of fused-ring (bicyclic) bond motifs is 1. The van der Waals surface area contributed by atoms with Crippen LogP contribution in [-0.4, -0.2) is 22.1 Å². The molecule has 0 aliphatic rings. The lowest BCUT2D eigenvalue weighted by Crippen LogP contribution is -2.02. The Bertz CT molecular complexity index is 1180. The van der Waals surface area contributed by atoms with Crippen LogP contribution in [0.4, 0.5) is 11.5 Å². The molecule has 0 radical (unpaired) electrons. The van der Waals surface area contributed by atoms with E-state index in [1.165, 1.54) is 7.11 Å². The van der Waals surface area contributed by atoms with Gasteiger partial charge in [0.15, 0.2) is 11.6 Å².